The first-order valence-electron chi connectivity index (χ1n) is 5.47. The monoisotopic (exact) mass is 275 g/mol. The lowest BCUT2D eigenvalue weighted by molar-refractivity contribution is 0.0601. The molecule has 0 amide bonds. The Morgan fingerprint density at radius 2 is 1.84 bits per heavy atom. The number of carbonyl (C=O) groups is 1. The number of esters is 1. The predicted octanol–water partition coefficient (Wildman–Crippen LogP) is 4.19. The summed E-state index contributed by atoms with van der Waals surface area (Å²) in [4.78, 5) is 22.3. The molecule has 4 nitrogen and oxygen atoms in total. The van der Waals surface area contributed by atoms with Crippen molar-refractivity contribution in [2.45, 2.75) is 0 Å². The van der Waals surface area contributed by atoms with Crippen molar-refractivity contribution in [1.82, 2.24) is 0 Å². The summed E-state index contributed by atoms with van der Waals surface area (Å²) < 4.78 is 4.72. The first-order chi connectivity index (χ1) is 9.15. The van der Waals surface area contributed by atoms with Crippen LogP contribution in [0.4, 0.5) is 5.69 Å². The van der Waals surface area contributed by atoms with Gasteiger partial charge in [-0.15, -0.1) is 4.91 Å². The molecule has 0 radical (unpaired) electrons. The van der Waals surface area contributed by atoms with Gasteiger partial charge >= 0.3 is 5.97 Å². The molecule has 0 heterocycles. The maximum absolute atomic E-state index is 11.7. The van der Waals surface area contributed by atoms with Crippen molar-refractivity contribution in [2.24, 2.45) is 5.18 Å². The van der Waals surface area contributed by atoms with Crippen LogP contribution in [0.1, 0.15) is 10.4 Å². The number of hydrogen-bond acceptors (Lipinski definition) is 4. The summed E-state index contributed by atoms with van der Waals surface area (Å²) in [7, 11) is 1.31. The van der Waals surface area contributed by atoms with Crippen LogP contribution in [0.15, 0.2) is 47.6 Å². The van der Waals surface area contributed by atoms with Crippen molar-refractivity contribution in [3.63, 3.8) is 0 Å². The van der Waals surface area contributed by atoms with E-state index in [0.29, 0.717) is 16.1 Å². The van der Waals surface area contributed by atoms with Crippen molar-refractivity contribution in [3.05, 3.63) is 58.0 Å². The number of nitrogens with zero attached hydrogens (tertiary/aromatic N) is 1. The van der Waals surface area contributed by atoms with Crippen LogP contribution in [0.25, 0.3) is 11.1 Å². The van der Waals surface area contributed by atoms with Gasteiger partial charge in [0, 0.05) is 5.02 Å². The number of halogens is 1. The number of hydrogen-bond donors (Lipinski definition) is 0. The van der Waals surface area contributed by atoms with E-state index < -0.39 is 5.97 Å². The number of benzene rings is 2. The summed E-state index contributed by atoms with van der Waals surface area (Å²) in [6.45, 7) is 0. The van der Waals surface area contributed by atoms with Gasteiger partial charge in [-0.2, -0.15) is 0 Å². The van der Waals surface area contributed by atoms with E-state index in [1.165, 1.54) is 19.2 Å². The van der Waals surface area contributed by atoms with Gasteiger partial charge in [-0.1, -0.05) is 23.7 Å². The first kappa shape index (κ1) is 13.2. The van der Waals surface area contributed by atoms with Crippen LogP contribution in [0.3, 0.4) is 0 Å². The van der Waals surface area contributed by atoms with Gasteiger partial charge in [0.05, 0.1) is 12.7 Å². The van der Waals surface area contributed by atoms with Crippen molar-refractivity contribution < 1.29 is 9.53 Å². The molecular formula is C14H10ClNO3. The van der Waals surface area contributed by atoms with Crippen LogP contribution in [-0.4, -0.2) is 13.1 Å². The molecule has 0 aliphatic heterocycles. The average molecular weight is 276 g/mol. The highest BCUT2D eigenvalue weighted by Gasteiger charge is 2.14. The van der Waals surface area contributed by atoms with Crippen LogP contribution in [-0.2, 0) is 4.74 Å². The van der Waals surface area contributed by atoms with Gasteiger partial charge in [-0.05, 0) is 46.6 Å². The zero-order valence-corrected chi connectivity index (χ0v) is 10.8. The van der Waals surface area contributed by atoms with Crippen LogP contribution in [0.5, 0.6) is 0 Å². The van der Waals surface area contributed by atoms with Crippen LogP contribution >= 0.6 is 11.6 Å². The lowest BCUT2D eigenvalue weighted by atomic mass is 9.99. The third-order valence-corrected chi connectivity index (χ3v) is 2.92. The largest absolute Gasteiger partial charge is 0.465 e. The van der Waals surface area contributed by atoms with Gasteiger partial charge in [0.1, 0.15) is 5.69 Å². The SMILES string of the molecule is COC(=O)c1ccc(N=O)cc1-c1ccc(Cl)cc1. The first-order valence-corrected chi connectivity index (χ1v) is 5.85. The van der Waals surface area contributed by atoms with E-state index in [2.05, 4.69) is 5.18 Å². The van der Waals surface area contributed by atoms with E-state index in [-0.39, 0.29) is 5.69 Å². The van der Waals surface area contributed by atoms with Crippen LogP contribution < -0.4 is 0 Å². The zero-order chi connectivity index (χ0) is 13.8. The van der Waals surface area contributed by atoms with Gasteiger partial charge in [0.2, 0.25) is 0 Å². The molecule has 19 heavy (non-hydrogen) atoms. The Hall–Kier alpha value is -2.20. The highest BCUT2D eigenvalue weighted by atomic mass is 35.5. The van der Waals surface area contributed by atoms with Gasteiger partial charge in [0.15, 0.2) is 0 Å². The second kappa shape index (κ2) is 5.63. The molecule has 0 bridgehead atoms. The highest BCUT2D eigenvalue weighted by molar-refractivity contribution is 6.30. The highest BCUT2D eigenvalue weighted by Crippen LogP contribution is 2.29. The minimum Gasteiger partial charge on any atom is -0.465 e. The van der Waals surface area contributed by atoms with Crippen molar-refractivity contribution >= 4 is 23.3 Å². The molecule has 0 aliphatic rings. The Balaban J connectivity index is 2.60. The number of carbonyl (C=O) groups excluding carboxylic acids is 1. The Morgan fingerprint density at radius 3 is 2.42 bits per heavy atom. The topological polar surface area (TPSA) is 55.7 Å². The molecule has 0 atom stereocenters. The minimum absolute atomic E-state index is 0.248. The molecule has 0 spiro atoms. The Kier molecular flexibility index (Phi) is 3.92. The summed E-state index contributed by atoms with van der Waals surface area (Å²) in [5, 5.41) is 3.46. The van der Waals surface area contributed by atoms with E-state index in [0.717, 1.165) is 5.56 Å². The van der Waals surface area contributed by atoms with Crippen molar-refractivity contribution in [1.29, 1.82) is 0 Å². The number of rotatable bonds is 3. The summed E-state index contributed by atoms with van der Waals surface area (Å²) in [5.41, 5.74) is 1.96. The number of nitroso groups, excluding NO2 is 1. The molecule has 0 N–H and O–H groups in total. The standard InChI is InChI=1S/C14H10ClNO3/c1-19-14(17)12-7-6-11(16-18)8-13(12)9-2-4-10(15)5-3-9/h2-8H,1H3. The summed E-state index contributed by atoms with van der Waals surface area (Å²) in [5.74, 6) is -0.470. The second-order valence-electron chi connectivity index (χ2n) is 3.82. The molecule has 0 saturated carbocycles. The average Bonchev–Trinajstić information content (AvgIpc) is 2.46. The fourth-order valence-electron chi connectivity index (χ4n) is 1.75. The quantitative estimate of drug-likeness (QED) is 0.623. The third kappa shape index (κ3) is 2.80. The lowest BCUT2D eigenvalue weighted by Crippen LogP contribution is -2.03. The smallest absolute Gasteiger partial charge is 0.338 e. The Bertz CT molecular complexity index is 623. The Morgan fingerprint density at radius 1 is 1.16 bits per heavy atom. The summed E-state index contributed by atoms with van der Waals surface area (Å²) in [6.07, 6.45) is 0. The fraction of sp³-hybridized carbons (Fsp3) is 0.0714. The molecule has 2 aromatic carbocycles. The summed E-state index contributed by atoms with van der Waals surface area (Å²) >= 11 is 5.83. The van der Waals surface area contributed by atoms with E-state index in [1.54, 1.807) is 30.3 Å². The van der Waals surface area contributed by atoms with Gasteiger partial charge in [-0.25, -0.2) is 4.79 Å². The van der Waals surface area contributed by atoms with E-state index in [1.807, 2.05) is 0 Å². The van der Waals surface area contributed by atoms with Gasteiger partial charge in [0.25, 0.3) is 0 Å². The van der Waals surface area contributed by atoms with Crippen molar-refractivity contribution in [3.8, 4) is 11.1 Å². The molecule has 5 heteroatoms. The summed E-state index contributed by atoms with van der Waals surface area (Å²) in [6, 6.07) is 11.5. The minimum atomic E-state index is -0.470. The van der Waals surface area contributed by atoms with Gasteiger partial charge < -0.3 is 4.74 Å². The molecule has 0 unspecified atom stereocenters. The second-order valence-corrected chi connectivity index (χ2v) is 4.26. The maximum Gasteiger partial charge on any atom is 0.338 e. The Labute approximate surface area is 114 Å². The van der Waals surface area contributed by atoms with E-state index >= 15 is 0 Å². The van der Waals surface area contributed by atoms with Crippen LogP contribution in [0.2, 0.25) is 5.02 Å². The zero-order valence-electron chi connectivity index (χ0n) is 10.1. The molecule has 0 aromatic heterocycles. The lowest BCUT2D eigenvalue weighted by Gasteiger charge is -2.08. The molecule has 0 saturated heterocycles. The maximum atomic E-state index is 11.7. The fourth-order valence-corrected chi connectivity index (χ4v) is 1.87. The molecular weight excluding hydrogens is 266 g/mol. The predicted molar refractivity (Wildman–Crippen MR) is 73.7 cm³/mol. The van der Waals surface area contributed by atoms with Crippen molar-refractivity contribution in [2.75, 3.05) is 7.11 Å². The molecule has 0 aliphatic carbocycles. The molecule has 96 valence electrons. The van der Waals surface area contributed by atoms with E-state index in [4.69, 9.17) is 16.3 Å². The number of methoxy groups -OCH3 is 1. The number of ether oxygens (including phenoxy) is 1. The molecule has 2 rings (SSSR count). The van der Waals surface area contributed by atoms with Crippen LogP contribution in [0, 0.1) is 4.91 Å². The molecule has 2 aromatic rings. The molecule has 0 fully saturated rings. The van der Waals surface area contributed by atoms with Gasteiger partial charge in [-0.3, -0.25) is 0 Å². The normalized spacial score (nSPS) is 10.0. The third-order valence-electron chi connectivity index (χ3n) is 2.67. The van der Waals surface area contributed by atoms with E-state index in [9.17, 15) is 9.70 Å².